The van der Waals surface area contributed by atoms with Crippen molar-refractivity contribution < 1.29 is 13.9 Å². The Hall–Kier alpha value is -4.33. The molecule has 5 rings (SSSR count). The predicted molar refractivity (Wildman–Crippen MR) is 116 cm³/mol. The molecule has 1 aliphatic rings. The molecule has 2 aromatic heterocycles. The van der Waals surface area contributed by atoms with Gasteiger partial charge in [-0.3, -0.25) is 10.1 Å². The fourth-order valence-electron chi connectivity index (χ4n) is 3.44. The van der Waals surface area contributed by atoms with Crippen molar-refractivity contribution in [2.24, 2.45) is 0 Å². The van der Waals surface area contributed by atoms with E-state index in [-0.39, 0.29) is 17.8 Å². The van der Waals surface area contributed by atoms with E-state index in [0.717, 1.165) is 22.6 Å². The van der Waals surface area contributed by atoms with E-state index in [1.54, 1.807) is 23.9 Å². The lowest BCUT2D eigenvalue weighted by Gasteiger charge is -2.24. The highest BCUT2D eigenvalue weighted by Gasteiger charge is 2.26. The molecule has 0 saturated heterocycles. The Morgan fingerprint density at radius 1 is 1.10 bits per heavy atom. The number of carbonyl (C=O) groups excluding carboxylic acids is 1. The van der Waals surface area contributed by atoms with E-state index in [1.807, 2.05) is 54.6 Å². The van der Waals surface area contributed by atoms with Crippen LogP contribution < -0.4 is 15.4 Å². The third kappa shape index (κ3) is 3.66. The Morgan fingerprint density at radius 2 is 1.90 bits per heavy atom. The fraction of sp³-hybridized carbons (Fsp3) is 0.0870. The van der Waals surface area contributed by atoms with Crippen molar-refractivity contribution in [2.75, 3.05) is 17.7 Å². The number of allylic oxidation sites excluding steroid dienone is 1. The summed E-state index contributed by atoms with van der Waals surface area (Å²) in [5.74, 6) is 1.26. The van der Waals surface area contributed by atoms with Gasteiger partial charge >= 0.3 is 0 Å². The number of benzene rings is 2. The van der Waals surface area contributed by atoms with Crippen LogP contribution in [0.25, 0.3) is 5.70 Å². The van der Waals surface area contributed by atoms with Crippen LogP contribution in [0.4, 0.5) is 11.9 Å². The van der Waals surface area contributed by atoms with Crippen LogP contribution in [0.5, 0.6) is 5.75 Å². The van der Waals surface area contributed by atoms with E-state index in [2.05, 4.69) is 26.8 Å². The van der Waals surface area contributed by atoms with Gasteiger partial charge in [0.05, 0.1) is 13.4 Å². The van der Waals surface area contributed by atoms with Gasteiger partial charge in [0.15, 0.2) is 5.76 Å². The number of fused-ring (bicyclic) bond motifs is 1. The first-order chi connectivity index (χ1) is 15.2. The molecule has 0 radical (unpaired) electrons. The molecule has 31 heavy (non-hydrogen) atoms. The summed E-state index contributed by atoms with van der Waals surface area (Å²) in [6, 6.07) is 20.8. The molecule has 1 amide bonds. The van der Waals surface area contributed by atoms with Gasteiger partial charge in [0, 0.05) is 5.70 Å². The van der Waals surface area contributed by atoms with Crippen molar-refractivity contribution in [1.29, 1.82) is 0 Å². The number of carbonyl (C=O) groups is 1. The third-order valence-corrected chi connectivity index (χ3v) is 4.98. The maximum absolute atomic E-state index is 12.4. The molecule has 8 nitrogen and oxygen atoms in total. The molecular weight excluding hydrogens is 394 g/mol. The minimum absolute atomic E-state index is 0.185. The van der Waals surface area contributed by atoms with Crippen LogP contribution in [0.1, 0.15) is 27.7 Å². The molecule has 0 fully saturated rings. The standard InChI is InChI=1S/C23H19N5O3/c1-30-17-11-9-16(10-12-17)19-14-18(15-6-3-2-4-7-15)24-23-26-22(27-28(19)23)25-21(29)20-8-5-13-31-20/h2-14,19H,1H3,(H2,24,25,26,27,29)/t19-/m1/s1. The average Bonchev–Trinajstić information content (AvgIpc) is 3.49. The van der Waals surface area contributed by atoms with Crippen molar-refractivity contribution in [3.63, 3.8) is 0 Å². The van der Waals surface area contributed by atoms with E-state index >= 15 is 0 Å². The number of aromatic nitrogens is 3. The van der Waals surface area contributed by atoms with Gasteiger partial charge in [-0.05, 0) is 41.5 Å². The van der Waals surface area contributed by atoms with Crippen molar-refractivity contribution in [3.05, 3.63) is 96.0 Å². The predicted octanol–water partition coefficient (Wildman–Crippen LogP) is 4.19. The van der Waals surface area contributed by atoms with E-state index in [4.69, 9.17) is 9.15 Å². The van der Waals surface area contributed by atoms with Crippen LogP contribution in [0, 0.1) is 0 Å². The zero-order valence-corrected chi connectivity index (χ0v) is 16.6. The second-order valence-electron chi connectivity index (χ2n) is 6.92. The summed E-state index contributed by atoms with van der Waals surface area (Å²) in [5.41, 5.74) is 2.94. The smallest absolute Gasteiger partial charge is 0.293 e. The number of ether oxygens (including phenoxy) is 1. The van der Waals surface area contributed by atoms with Crippen LogP contribution in [-0.4, -0.2) is 27.8 Å². The van der Waals surface area contributed by atoms with Gasteiger partial charge in [-0.25, -0.2) is 4.68 Å². The maximum Gasteiger partial charge on any atom is 0.293 e. The zero-order chi connectivity index (χ0) is 21.2. The lowest BCUT2D eigenvalue weighted by molar-refractivity contribution is 0.0996. The Kier molecular flexibility index (Phi) is 4.72. The first-order valence-electron chi connectivity index (χ1n) is 9.71. The molecule has 0 unspecified atom stereocenters. The fourth-order valence-corrected chi connectivity index (χ4v) is 3.44. The molecule has 2 N–H and O–H groups in total. The van der Waals surface area contributed by atoms with Gasteiger partial charge in [0.25, 0.3) is 11.9 Å². The number of hydrogen-bond acceptors (Lipinski definition) is 6. The summed E-state index contributed by atoms with van der Waals surface area (Å²) in [6.45, 7) is 0. The summed E-state index contributed by atoms with van der Waals surface area (Å²) in [4.78, 5) is 16.8. The molecule has 0 saturated carbocycles. The van der Waals surface area contributed by atoms with Gasteiger partial charge in [-0.15, -0.1) is 5.10 Å². The highest BCUT2D eigenvalue weighted by atomic mass is 16.5. The summed E-state index contributed by atoms with van der Waals surface area (Å²) < 4.78 is 12.2. The average molecular weight is 413 g/mol. The number of nitrogens with one attached hydrogen (secondary N) is 2. The van der Waals surface area contributed by atoms with Crippen molar-refractivity contribution in [1.82, 2.24) is 14.8 Å². The normalized spacial score (nSPS) is 14.9. The first-order valence-corrected chi connectivity index (χ1v) is 9.71. The van der Waals surface area contributed by atoms with Crippen LogP contribution in [0.3, 0.4) is 0 Å². The van der Waals surface area contributed by atoms with Crippen LogP contribution >= 0.6 is 0 Å². The topological polar surface area (TPSA) is 94.2 Å². The highest BCUT2D eigenvalue weighted by molar-refractivity contribution is 6.01. The van der Waals surface area contributed by atoms with Gasteiger partial charge in [0.1, 0.15) is 11.8 Å². The van der Waals surface area contributed by atoms with E-state index in [1.165, 1.54) is 6.26 Å². The van der Waals surface area contributed by atoms with Crippen molar-refractivity contribution in [2.45, 2.75) is 6.04 Å². The molecule has 0 bridgehead atoms. The highest BCUT2D eigenvalue weighted by Crippen LogP contribution is 2.33. The van der Waals surface area contributed by atoms with Crippen molar-refractivity contribution >= 4 is 23.5 Å². The largest absolute Gasteiger partial charge is 0.497 e. The molecule has 3 heterocycles. The zero-order valence-electron chi connectivity index (χ0n) is 16.6. The molecule has 1 atom stereocenters. The number of furan rings is 1. The SMILES string of the molecule is COc1ccc([C@H]2C=C(c3ccccc3)Nc3nc(NC(=O)c4ccco4)nn32)cc1. The first kappa shape index (κ1) is 18.7. The lowest BCUT2D eigenvalue weighted by Crippen LogP contribution is -2.20. The second-order valence-corrected chi connectivity index (χ2v) is 6.92. The van der Waals surface area contributed by atoms with Crippen LogP contribution in [0.2, 0.25) is 0 Å². The molecule has 4 aromatic rings. The number of rotatable bonds is 5. The maximum atomic E-state index is 12.4. The number of hydrogen-bond donors (Lipinski definition) is 2. The summed E-state index contributed by atoms with van der Waals surface area (Å²) in [7, 11) is 1.64. The minimum atomic E-state index is -0.412. The van der Waals surface area contributed by atoms with Crippen LogP contribution in [-0.2, 0) is 0 Å². The number of methoxy groups -OCH3 is 1. The number of nitrogens with zero attached hydrogens (tertiary/aromatic N) is 3. The van der Waals surface area contributed by atoms with E-state index in [0.29, 0.717) is 5.95 Å². The third-order valence-electron chi connectivity index (χ3n) is 4.98. The Bertz CT molecular complexity index is 1230. The molecular formula is C23H19N5O3. The summed E-state index contributed by atoms with van der Waals surface area (Å²) in [5, 5.41) is 10.5. The number of amides is 1. The lowest BCUT2D eigenvalue weighted by atomic mass is 10.0. The van der Waals surface area contributed by atoms with Gasteiger partial charge < -0.3 is 14.5 Å². The molecule has 0 spiro atoms. The Balaban J connectivity index is 1.52. The van der Waals surface area contributed by atoms with Gasteiger partial charge in [-0.2, -0.15) is 4.98 Å². The molecule has 154 valence electrons. The number of anilines is 2. The molecule has 0 aliphatic carbocycles. The van der Waals surface area contributed by atoms with Gasteiger partial charge in [0.2, 0.25) is 5.95 Å². The monoisotopic (exact) mass is 413 g/mol. The van der Waals surface area contributed by atoms with E-state index < -0.39 is 5.91 Å². The summed E-state index contributed by atoms with van der Waals surface area (Å²) in [6.07, 6.45) is 3.52. The summed E-state index contributed by atoms with van der Waals surface area (Å²) >= 11 is 0. The minimum Gasteiger partial charge on any atom is -0.497 e. The molecule has 1 aliphatic heterocycles. The van der Waals surface area contributed by atoms with Crippen molar-refractivity contribution in [3.8, 4) is 5.75 Å². The van der Waals surface area contributed by atoms with Gasteiger partial charge in [-0.1, -0.05) is 42.5 Å². The second kappa shape index (κ2) is 7.83. The van der Waals surface area contributed by atoms with E-state index in [9.17, 15) is 4.79 Å². The van der Waals surface area contributed by atoms with Crippen LogP contribution in [0.15, 0.2) is 83.5 Å². The molecule has 2 aromatic carbocycles. The Morgan fingerprint density at radius 3 is 2.61 bits per heavy atom. The Labute approximate surface area is 178 Å². The quantitative estimate of drug-likeness (QED) is 0.510. The molecule has 8 heteroatoms.